The van der Waals surface area contributed by atoms with E-state index in [9.17, 15) is 4.79 Å². The molecule has 27 heavy (non-hydrogen) atoms. The molecule has 0 saturated carbocycles. The molecule has 1 fully saturated rings. The summed E-state index contributed by atoms with van der Waals surface area (Å²) in [6.07, 6.45) is -0.335. The number of benzene rings is 1. The fourth-order valence-corrected chi connectivity index (χ4v) is 3.85. The predicted octanol–water partition coefficient (Wildman–Crippen LogP) is 4.92. The van der Waals surface area contributed by atoms with Crippen molar-refractivity contribution in [2.45, 2.75) is 77.2 Å². The van der Waals surface area contributed by atoms with E-state index in [4.69, 9.17) is 9.16 Å². The second kappa shape index (κ2) is 7.93. The van der Waals surface area contributed by atoms with E-state index >= 15 is 0 Å². The summed E-state index contributed by atoms with van der Waals surface area (Å²) in [7, 11) is -1.87. The molecule has 1 aliphatic heterocycles. The maximum atomic E-state index is 12.6. The zero-order valence-corrected chi connectivity index (χ0v) is 19.1. The fraction of sp³-hybridized carbons (Fsp3) is 0.667. The normalized spacial score (nSPS) is 21.4. The number of amides is 1. The molecule has 0 aliphatic carbocycles. The van der Waals surface area contributed by atoms with Crippen LogP contribution < -0.4 is 5.43 Å². The molecule has 1 amide bonds. The number of nitrogens with zero attached hydrogens (tertiary/aromatic N) is 1. The molecule has 0 spiro atoms. The van der Waals surface area contributed by atoms with E-state index in [2.05, 4.69) is 51.4 Å². The Balaban J connectivity index is 2.15. The van der Waals surface area contributed by atoms with E-state index in [1.165, 1.54) is 5.56 Å². The maximum absolute atomic E-state index is 12.6. The number of hydrogen-bond acceptors (Lipinski definition) is 4. The second-order valence-corrected chi connectivity index (χ2v) is 14.7. The van der Waals surface area contributed by atoms with E-state index in [0.717, 1.165) is 0 Å². The molecule has 1 aromatic rings. The Morgan fingerprint density at radius 1 is 1.15 bits per heavy atom. The summed E-state index contributed by atoms with van der Waals surface area (Å²) in [6.45, 7) is 18.0. The first kappa shape index (κ1) is 21.9. The summed E-state index contributed by atoms with van der Waals surface area (Å²) in [5.41, 5.74) is 4.03. The third kappa shape index (κ3) is 5.80. The Morgan fingerprint density at radius 3 is 2.26 bits per heavy atom. The van der Waals surface area contributed by atoms with Crippen molar-refractivity contribution in [2.24, 2.45) is 0 Å². The van der Waals surface area contributed by atoms with Crippen LogP contribution in [0.5, 0.6) is 0 Å². The van der Waals surface area contributed by atoms with Gasteiger partial charge in [-0.2, -0.15) is 0 Å². The van der Waals surface area contributed by atoms with Crippen molar-refractivity contribution in [3.05, 3.63) is 35.9 Å². The van der Waals surface area contributed by atoms with Crippen LogP contribution in [0.4, 0.5) is 4.79 Å². The first-order valence-electron chi connectivity index (χ1n) is 9.76. The second-order valence-electron chi connectivity index (χ2n) is 9.92. The number of hydrogen-bond donors (Lipinski definition) is 1. The molecule has 0 unspecified atom stereocenters. The highest BCUT2D eigenvalue weighted by molar-refractivity contribution is 6.74. The van der Waals surface area contributed by atoms with Crippen LogP contribution >= 0.6 is 0 Å². The minimum Gasteiger partial charge on any atom is -0.443 e. The number of nitrogens with one attached hydrogen (secondary N) is 1. The van der Waals surface area contributed by atoms with Gasteiger partial charge in [0.05, 0.1) is 12.6 Å². The quantitative estimate of drug-likeness (QED) is 0.739. The highest BCUT2D eigenvalue weighted by atomic mass is 28.4. The molecular formula is C21H36N2O3Si. The lowest BCUT2D eigenvalue weighted by atomic mass is 9.94. The van der Waals surface area contributed by atoms with Crippen molar-refractivity contribution in [1.29, 1.82) is 0 Å². The highest BCUT2D eigenvalue weighted by Gasteiger charge is 2.42. The summed E-state index contributed by atoms with van der Waals surface area (Å²) in [5, 5.41) is 1.75. The largest absolute Gasteiger partial charge is 0.443 e. The van der Waals surface area contributed by atoms with Crippen molar-refractivity contribution < 1.29 is 14.0 Å². The Labute approximate surface area is 165 Å². The van der Waals surface area contributed by atoms with E-state index in [1.54, 1.807) is 5.01 Å². The van der Waals surface area contributed by atoms with Gasteiger partial charge >= 0.3 is 6.09 Å². The van der Waals surface area contributed by atoms with Crippen molar-refractivity contribution in [2.75, 3.05) is 13.2 Å². The van der Waals surface area contributed by atoms with Crippen molar-refractivity contribution in [3.63, 3.8) is 0 Å². The molecule has 2 rings (SSSR count). The summed E-state index contributed by atoms with van der Waals surface area (Å²) >= 11 is 0. The van der Waals surface area contributed by atoms with Gasteiger partial charge in [0, 0.05) is 12.5 Å². The van der Waals surface area contributed by atoms with Gasteiger partial charge in [-0.05, 0) is 44.5 Å². The van der Waals surface area contributed by atoms with E-state index < -0.39 is 13.9 Å². The van der Waals surface area contributed by atoms with Crippen molar-refractivity contribution >= 4 is 14.4 Å². The van der Waals surface area contributed by atoms with Gasteiger partial charge in [-0.25, -0.2) is 15.2 Å². The Morgan fingerprint density at radius 2 is 1.74 bits per heavy atom. The lowest BCUT2D eigenvalue weighted by Crippen LogP contribution is -2.47. The third-order valence-electron chi connectivity index (χ3n) is 5.46. The van der Waals surface area contributed by atoms with Crippen LogP contribution in [-0.4, -0.2) is 44.2 Å². The molecule has 0 aromatic heterocycles. The first-order valence-corrected chi connectivity index (χ1v) is 12.7. The van der Waals surface area contributed by atoms with Gasteiger partial charge in [0.2, 0.25) is 0 Å². The van der Waals surface area contributed by atoms with Gasteiger partial charge in [-0.3, -0.25) is 0 Å². The number of ether oxygens (including phenoxy) is 1. The lowest BCUT2D eigenvalue weighted by molar-refractivity contribution is 0.0189. The van der Waals surface area contributed by atoms with E-state index in [-0.39, 0.29) is 23.1 Å². The van der Waals surface area contributed by atoms with Gasteiger partial charge in [0.15, 0.2) is 8.32 Å². The molecule has 0 radical (unpaired) electrons. The molecule has 2 atom stereocenters. The standard InChI is InChI=1S/C21H36N2O3Si/c1-20(2,3)26-19(24)23-14-17(16-12-10-9-11-13-16)18(22-23)15-25-27(7,8)21(4,5)6/h9-13,17-18,22H,14-15H2,1-8H3/t17-,18-/m1/s1. The third-order valence-corrected chi connectivity index (χ3v) is 9.96. The predicted molar refractivity (Wildman–Crippen MR) is 112 cm³/mol. The molecule has 1 saturated heterocycles. The molecule has 6 heteroatoms. The van der Waals surface area contributed by atoms with Crippen LogP contribution in [0, 0.1) is 0 Å². The number of carbonyl (C=O) groups excluding carboxylic acids is 1. The minimum absolute atomic E-state index is 0.0362. The molecule has 5 nitrogen and oxygen atoms in total. The van der Waals surface area contributed by atoms with Gasteiger partial charge < -0.3 is 9.16 Å². The van der Waals surface area contributed by atoms with Gasteiger partial charge in [-0.1, -0.05) is 51.1 Å². The van der Waals surface area contributed by atoms with Gasteiger partial charge in [0.25, 0.3) is 0 Å². The summed E-state index contributed by atoms with van der Waals surface area (Å²) < 4.78 is 12.0. The summed E-state index contributed by atoms with van der Waals surface area (Å²) in [5.74, 6) is 0.170. The van der Waals surface area contributed by atoms with Gasteiger partial charge in [-0.15, -0.1) is 0 Å². The average molecular weight is 393 g/mol. The SMILES string of the molecule is CC(C)(C)OC(=O)N1C[C@H](c2ccccc2)[C@@H](CO[Si](C)(C)C(C)(C)C)N1. The van der Waals surface area contributed by atoms with Gasteiger partial charge in [0.1, 0.15) is 5.60 Å². The number of rotatable bonds is 4. The fourth-order valence-electron chi connectivity index (χ4n) is 2.82. The lowest BCUT2D eigenvalue weighted by Gasteiger charge is -2.37. The van der Waals surface area contributed by atoms with Crippen molar-refractivity contribution in [1.82, 2.24) is 10.4 Å². The minimum atomic E-state index is -1.87. The maximum Gasteiger partial charge on any atom is 0.424 e. The first-order chi connectivity index (χ1) is 12.3. The van der Waals surface area contributed by atoms with Crippen LogP contribution in [-0.2, 0) is 9.16 Å². The topological polar surface area (TPSA) is 50.8 Å². The van der Waals surface area contributed by atoms with E-state index in [1.807, 2.05) is 39.0 Å². The monoisotopic (exact) mass is 392 g/mol. The summed E-state index contributed by atoms with van der Waals surface area (Å²) in [6, 6.07) is 10.4. The molecule has 152 valence electrons. The Hall–Kier alpha value is -1.37. The van der Waals surface area contributed by atoms with E-state index in [0.29, 0.717) is 13.2 Å². The molecular weight excluding hydrogens is 356 g/mol. The molecule has 1 N–H and O–H groups in total. The Kier molecular flexibility index (Phi) is 6.44. The van der Waals surface area contributed by atoms with Crippen molar-refractivity contribution in [3.8, 4) is 0 Å². The molecule has 1 aromatic carbocycles. The zero-order chi connectivity index (χ0) is 20.5. The van der Waals surface area contributed by atoms with Crippen LogP contribution in [0.2, 0.25) is 18.1 Å². The number of hydrazine groups is 1. The van der Waals surface area contributed by atoms with Crippen LogP contribution in [0.15, 0.2) is 30.3 Å². The zero-order valence-electron chi connectivity index (χ0n) is 18.1. The van der Waals surface area contributed by atoms with Crippen LogP contribution in [0.25, 0.3) is 0 Å². The Bertz CT molecular complexity index is 635. The molecule has 1 heterocycles. The van der Waals surface area contributed by atoms with Crippen LogP contribution in [0.1, 0.15) is 53.0 Å². The smallest absolute Gasteiger partial charge is 0.424 e. The average Bonchev–Trinajstić information content (AvgIpc) is 2.95. The summed E-state index contributed by atoms with van der Waals surface area (Å²) in [4.78, 5) is 12.6. The van der Waals surface area contributed by atoms with Crippen LogP contribution in [0.3, 0.4) is 0 Å². The highest BCUT2D eigenvalue weighted by Crippen LogP contribution is 2.37. The molecule has 1 aliphatic rings. The number of carbonyl (C=O) groups is 1. The molecule has 0 bridgehead atoms.